The molecule has 0 amide bonds. The number of aromatic nitrogens is 6. The molecule has 40 heavy (non-hydrogen) atoms. The Kier molecular flexibility index (Phi) is 7.30. The van der Waals surface area contributed by atoms with E-state index in [-0.39, 0.29) is 0 Å². The van der Waals surface area contributed by atoms with Crippen LogP contribution in [0.3, 0.4) is 0 Å². The first-order chi connectivity index (χ1) is 19.5. The number of fused-ring (bicyclic) bond motifs is 2. The van der Waals surface area contributed by atoms with Crippen molar-refractivity contribution in [3.8, 4) is 22.1 Å². The van der Waals surface area contributed by atoms with Crippen LogP contribution in [0.5, 0.6) is 0 Å². The van der Waals surface area contributed by atoms with E-state index in [0.717, 1.165) is 66.7 Å². The molecule has 1 aliphatic carbocycles. The summed E-state index contributed by atoms with van der Waals surface area (Å²) in [6.45, 7) is 12.3. The number of thiophene rings is 1. The predicted octanol–water partition coefficient (Wildman–Crippen LogP) is 9.14. The van der Waals surface area contributed by atoms with Crippen LogP contribution in [0.25, 0.3) is 55.3 Å². The molecule has 5 aromatic rings. The van der Waals surface area contributed by atoms with Crippen LogP contribution in [0.15, 0.2) is 73.5 Å². The van der Waals surface area contributed by atoms with Gasteiger partial charge in [0.05, 0.1) is 21.6 Å². The van der Waals surface area contributed by atoms with Gasteiger partial charge < -0.3 is 4.98 Å². The molecule has 7 heteroatoms. The molecule has 1 aliphatic rings. The summed E-state index contributed by atoms with van der Waals surface area (Å²) in [6, 6.07) is 10.2. The summed E-state index contributed by atoms with van der Waals surface area (Å²) in [5, 5.41) is 7.75. The van der Waals surface area contributed by atoms with E-state index >= 15 is 0 Å². The molecule has 0 aliphatic heterocycles. The number of H-pyrrole nitrogens is 2. The highest BCUT2D eigenvalue weighted by molar-refractivity contribution is 7.16. The number of imidazole rings is 1. The minimum absolute atomic E-state index is 0.665. The van der Waals surface area contributed by atoms with Crippen molar-refractivity contribution in [1.82, 2.24) is 30.1 Å². The number of pyridine rings is 2. The van der Waals surface area contributed by atoms with Crippen molar-refractivity contribution in [2.45, 2.75) is 52.4 Å². The Morgan fingerprint density at radius 3 is 2.60 bits per heavy atom. The summed E-state index contributed by atoms with van der Waals surface area (Å²) in [4.78, 5) is 20.4. The van der Waals surface area contributed by atoms with Crippen LogP contribution in [0.1, 0.15) is 62.9 Å². The molecule has 6 nitrogen and oxygen atoms in total. The molecule has 6 rings (SSSR count). The molecule has 0 saturated heterocycles. The van der Waals surface area contributed by atoms with Crippen molar-refractivity contribution in [3.05, 3.63) is 84.1 Å². The molecule has 202 valence electrons. The van der Waals surface area contributed by atoms with E-state index in [9.17, 15) is 0 Å². The molecule has 0 unspecified atom stereocenters. The molecular formula is C33H34N6S. The van der Waals surface area contributed by atoms with Crippen molar-refractivity contribution in [2.24, 2.45) is 5.92 Å². The van der Waals surface area contributed by atoms with Gasteiger partial charge in [0.15, 0.2) is 11.5 Å². The second kappa shape index (κ2) is 11.2. The molecule has 0 bridgehead atoms. The van der Waals surface area contributed by atoms with Gasteiger partial charge in [-0.05, 0) is 79.3 Å². The fraction of sp³-hybridized carbons (Fsp3) is 0.273. The molecule has 0 radical (unpaired) electrons. The second-order valence-corrected chi connectivity index (χ2v) is 11.7. The van der Waals surface area contributed by atoms with Crippen LogP contribution in [0.2, 0.25) is 0 Å². The van der Waals surface area contributed by atoms with Gasteiger partial charge in [-0.25, -0.2) is 9.97 Å². The number of hydrogen-bond donors (Lipinski definition) is 2. The van der Waals surface area contributed by atoms with Crippen LogP contribution >= 0.6 is 11.3 Å². The molecule has 5 aromatic heterocycles. The molecule has 0 spiro atoms. The second-order valence-electron chi connectivity index (χ2n) is 10.6. The third-order valence-electron chi connectivity index (χ3n) is 7.75. The minimum atomic E-state index is 0.665. The Bertz CT molecular complexity index is 1770. The van der Waals surface area contributed by atoms with Crippen molar-refractivity contribution >= 4 is 44.5 Å². The smallest absolute Gasteiger partial charge is 0.161 e. The summed E-state index contributed by atoms with van der Waals surface area (Å²) in [6.07, 6.45) is 15.9. The minimum Gasteiger partial charge on any atom is -0.336 e. The van der Waals surface area contributed by atoms with Crippen molar-refractivity contribution in [3.63, 3.8) is 0 Å². The average Bonchev–Trinajstić information content (AvgIpc) is 3.73. The lowest BCUT2D eigenvalue weighted by Crippen LogP contribution is -2.06. The zero-order chi connectivity index (χ0) is 27.6. The van der Waals surface area contributed by atoms with E-state index in [0.29, 0.717) is 11.5 Å². The van der Waals surface area contributed by atoms with E-state index in [4.69, 9.17) is 9.97 Å². The Labute approximate surface area is 238 Å². The first-order valence-electron chi connectivity index (χ1n) is 14.0. The molecule has 2 N–H and O–H groups in total. The summed E-state index contributed by atoms with van der Waals surface area (Å²) < 4.78 is 0. The summed E-state index contributed by atoms with van der Waals surface area (Å²) in [5.41, 5.74) is 9.23. The number of hydrogen-bond acceptors (Lipinski definition) is 5. The highest BCUT2D eigenvalue weighted by atomic mass is 32.1. The summed E-state index contributed by atoms with van der Waals surface area (Å²) in [7, 11) is 0. The zero-order valence-electron chi connectivity index (χ0n) is 23.1. The summed E-state index contributed by atoms with van der Waals surface area (Å²) in [5.74, 6) is 1.42. The van der Waals surface area contributed by atoms with E-state index in [1.807, 2.05) is 37.4 Å². The van der Waals surface area contributed by atoms with Crippen LogP contribution < -0.4 is 0 Å². The molecule has 0 atom stereocenters. The zero-order valence-corrected chi connectivity index (χ0v) is 23.9. The Hall–Kier alpha value is -4.10. The van der Waals surface area contributed by atoms with Gasteiger partial charge in [-0.2, -0.15) is 5.10 Å². The molecular weight excluding hydrogens is 512 g/mol. The van der Waals surface area contributed by atoms with Gasteiger partial charge in [-0.1, -0.05) is 57.4 Å². The molecule has 5 heterocycles. The first-order valence-corrected chi connectivity index (χ1v) is 14.8. The lowest BCUT2D eigenvalue weighted by Gasteiger charge is -2.22. The highest BCUT2D eigenvalue weighted by Gasteiger charge is 2.19. The number of rotatable bonds is 8. The van der Waals surface area contributed by atoms with Crippen LogP contribution in [-0.4, -0.2) is 30.1 Å². The van der Waals surface area contributed by atoms with Gasteiger partial charge in [0, 0.05) is 11.1 Å². The maximum atomic E-state index is 5.07. The normalized spacial score (nSPS) is 15.2. The maximum absolute atomic E-state index is 5.07. The van der Waals surface area contributed by atoms with Gasteiger partial charge in [0.2, 0.25) is 0 Å². The third-order valence-corrected chi connectivity index (χ3v) is 9.01. The molecule has 1 fully saturated rings. The Balaban J connectivity index is 1.36. The van der Waals surface area contributed by atoms with E-state index < -0.39 is 0 Å². The van der Waals surface area contributed by atoms with E-state index in [2.05, 4.69) is 64.5 Å². The Morgan fingerprint density at radius 2 is 1.85 bits per heavy atom. The highest BCUT2D eigenvalue weighted by Crippen LogP contribution is 2.35. The fourth-order valence-electron chi connectivity index (χ4n) is 5.58. The van der Waals surface area contributed by atoms with Gasteiger partial charge in [-0.3, -0.25) is 10.1 Å². The largest absolute Gasteiger partial charge is 0.336 e. The average molecular weight is 547 g/mol. The summed E-state index contributed by atoms with van der Waals surface area (Å²) >= 11 is 1.67. The van der Waals surface area contributed by atoms with Gasteiger partial charge in [0.1, 0.15) is 16.7 Å². The standard InChI is InChI=1S/C33H34N6S/c1-5-21(18-22-10-8-7-9-11-22)19-23(6-2)24-12-13-26-30(35-24)32(39-38-26)33-36-25-16-17-34-31(29(25)37-33)28-15-14-27(40-28)20(3)4/h5-6,12-17,19,22H,1,3,7-11,18H2,2,4H3,(H,36,37)(H,38,39)/b21-19+,23-6+. The SMILES string of the molecule is C=C/C(=C\C(=C/C)c1ccc2[nH]nc(-c3nc4c(-c5ccc(C(=C)C)s5)nccc4[nH]3)c2n1)CC1CCCCC1. The van der Waals surface area contributed by atoms with E-state index in [1.54, 1.807) is 11.3 Å². The van der Waals surface area contributed by atoms with Crippen LogP contribution in [0.4, 0.5) is 0 Å². The topological polar surface area (TPSA) is 83.1 Å². The molecule has 0 aromatic carbocycles. The van der Waals surface area contributed by atoms with Crippen molar-refractivity contribution < 1.29 is 0 Å². The van der Waals surface area contributed by atoms with Crippen molar-refractivity contribution in [2.75, 3.05) is 0 Å². The quantitative estimate of drug-likeness (QED) is 0.190. The Morgan fingerprint density at radius 1 is 1.02 bits per heavy atom. The number of allylic oxidation sites excluding steroid dienone is 6. The lowest BCUT2D eigenvalue weighted by molar-refractivity contribution is 0.358. The molecule has 1 saturated carbocycles. The van der Waals surface area contributed by atoms with Gasteiger partial charge >= 0.3 is 0 Å². The number of nitrogens with one attached hydrogen (secondary N) is 2. The van der Waals surface area contributed by atoms with Crippen molar-refractivity contribution in [1.29, 1.82) is 0 Å². The van der Waals surface area contributed by atoms with Gasteiger partial charge in [0.25, 0.3) is 0 Å². The number of nitrogens with zero attached hydrogens (tertiary/aromatic N) is 4. The lowest BCUT2D eigenvalue weighted by atomic mass is 9.84. The number of aromatic amines is 2. The van der Waals surface area contributed by atoms with Gasteiger partial charge in [-0.15, -0.1) is 11.3 Å². The third kappa shape index (κ3) is 5.09. The predicted molar refractivity (Wildman–Crippen MR) is 168 cm³/mol. The fourth-order valence-corrected chi connectivity index (χ4v) is 6.51. The van der Waals surface area contributed by atoms with Crippen LogP contribution in [0, 0.1) is 5.92 Å². The van der Waals surface area contributed by atoms with Crippen LogP contribution in [-0.2, 0) is 0 Å². The van der Waals surface area contributed by atoms with E-state index in [1.165, 1.54) is 37.7 Å². The first kappa shape index (κ1) is 26.1. The maximum Gasteiger partial charge on any atom is 0.161 e. The monoisotopic (exact) mass is 546 g/mol.